The average molecular weight is 403 g/mol. The topological polar surface area (TPSA) is 122 Å². The highest BCUT2D eigenvalue weighted by Gasteiger charge is 2.24. The van der Waals surface area contributed by atoms with E-state index in [1.54, 1.807) is 24.3 Å². The van der Waals surface area contributed by atoms with Crippen molar-refractivity contribution in [3.05, 3.63) is 81.4 Å². The number of carbonyl (C=O) groups excluding carboxylic acids is 1. The first kappa shape index (κ1) is 19.0. The molecular weight excluding hydrogens is 391 g/mol. The van der Waals surface area contributed by atoms with Crippen LogP contribution in [-0.2, 0) is 0 Å². The number of amides is 1. The molecule has 1 amide bonds. The number of benzene rings is 2. The maximum Gasteiger partial charge on any atom is 0.355 e. The number of carbonyl (C=O) groups is 1. The molecule has 0 fully saturated rings. The van der Waals surface area contributed by atoms with Crippen molar-refractivity contribution in [2.75, 3.05) is 10.7 Å². The summed E-state index contributed by atoms with van der Waals surface area (Å²) in [7, 11) is 0. The van der Waals surface area contributed by atoms with E-state index in [0.29, 0.717) is 10.7 Å². The van der Waals surface area contributed by atoms with E-state index in [1.165, 1.54) is 18.2 Å². The maximum absolute atomic E-state index is 13.7. The second kappa shape index (κ2) is 8.27. The largest absolute Gasteiger partial charge is 0.355 e. The quantitative estimate of drug-likeness (QED) is 0.424. The standard InChI is InChI=1S/C17H12ClFN6O3/c18-10-4-3-5-11(8-10)22-15-14(25(27)28)16(21-9-20-15)23-24-17(26)12-6-1-2-7-13(12)19/h1-9H,(H,24,26)(H2,20,21,22,23). The molecule has 0 saturated heterocycles. The Morgan fingerprint density at radius 3 is 2.57 bits per heavy atom. The average Bonchev–Trinajstić information content (AvgIpc) is 2.66. The molecule has 3 rings (SSSR count). The zero-order valence-electron chi connectivity index (χ0n) is 14.0. The van der Waals surface area contributed by atoms with Crippen molar-refractivity contribution in [2.24, 2.45) is 0 Å². The molecule has 0 spiro atoms. The smallest absolute Gasteiger partial charge is 0.334 e. The van der Waals surface area contributed by atoms with Gasteiger partial charge in [0.15, 0.2) is 0 Å². The number of rotatable bonds is 6. The zero-order chi connectivity index (χ0) is 20.1. The van der Waals surface area contributed by atoms with Crippen LogP contribution in [0.5, 0.6) is 0 Å². The minimum atomic E-state index is -0.824. The molecule has 0 aliphatic carbocycles. The van der Waals surface area contributed by atoms with E-state index in [1.807, 2.05) is 0 Å². The Hall–Kier alpha value is -3.79. The molecule has 1 aromatic heterocycles. The molecule has 0 aliphatic heterocycles. The van der Waals surface area contributed by atoms with E-state index in [2.05, 4.69) is 26.1 Å². The van der Waals surface area contributed by atoms with Crippen LogP contribution in [0.4, 0.5) is 27.4 Å². The fourth-order valence-electron chi connectivity index (χ4n) is 2.27. The van der Waals surface area contributed by atoms with Crippen molar-refractivity contribution < 1.29 is 14.1 Å². The van der Waals surface area contributed by atoms with Gasteiger partial charge < -0.3 is 5.32 Å². The second-order valence-electron chi connectivity index (χ2n) is 5.37. The van der Waals surface area contributed by atoms with Crippen molar-refractivity contribution in [1.29, 1.82) is 0 Å². The van der Waals surface area contributed by atoms with Gasteiger partial charge in [-0.15, -0.1) is 0 Å². The molecule has 3 aromatic rings. The van der Waals surface area contributed by atoms with Crippen molar-refractivity contribution in [1.82, 2.24) is 15.4 Å². The first-order valence-electron chi connectivity index (χ1n) is 7.78. The van der Waals surface area contributed by atoms with Gasteiger partial charge in [0.1, 0.15) is 12.1 Å². The van der Waals surface area contributed by atoms with Gasteiger partial charge in [0.2, 0.25) is 11.6 Å². The summed E-state index contributed by atoms with van der Waals surface area (Å²) in [6, 6.07) is 11.8. The molecule has 2 aromatic carbocycles. The van der Waals surface area contributed by atoms with Crippen LogP contribution in [0.1, 0.15) is 10.4 Å². The van der Waals surface area contributed by atoms with E-state index in [9.17, 15) is 19.3 Å². The summed E-state index contributed by atoms with van der Waals surface area (Å²) in [5.74, 6) is -1.96. The van der Waals surface area contributed by atoms with Gasteiger partial charge in [-0.1, -0.05) is 29.8 Å². The summed E-state index contributed by atoms with van der Waals surface area (Å²) in [5.41, 5.74) is 4.23. The summed E-state index contributed by atoms with van der Waals surface area (Å²) in [6.45, 7) is 0. The van der Waals surface area contributed by atoms with Crippen LogP contribution in [0, 0.1) is 15.9 Å². The minimum Gasteiger partial charge on any atom is -0.334 e. The lowest BCUT2D eigenvalue weighted by atomic mass is 10.2. The number of hydrogen-bond donors (Lipinski definition) is 3. The van der Waals surface area contributed by atoms with Crippen molar-refractivity contribution in [3.63, 3.8) is 0 Å². The summed E-state index contributed by atoms with van der Waals surface area (Å²) < 4.78 is 13.7. The van der Waals surface area contributed by atoms with Gasteiger partial charge in [0, 0.05) is 10.7 Å². The van der Waals surface area contributed by atoms with Crippen molar-refractivity contribution in [3.8, 4) is 0 Å². The van der Waals surface area contributed by atoms with Gasteiger partial charge in [0.25, 0.3) is 5.91 Å². The summed E-state index contributed by atoms with van der Waals surface area (Å²) >= 11 is 5.90. The molecule has 28 heavy (non-hydrogen) atoms. The lowest BCUT2D eigenvalue weighted by Gasteiger charge is -2.11. The third kappa shape index (κ3) is 4.30. The normalized spacial score (nSPS) is 10.2. The SMILES string of the molecule is O=C(NNc1ncnc(Nc2cccc(Cl)c2)c1[N+](=O)[O-])c1ccccc1F. The Kier molecular flexibility index (Phi) is 5.61. The number of nitro groups is 1. The highest BCUT2D eigenvalue weighted by molar-refractivity contribution is 6.30. The highest BCUT2D eigenvalue weighted by atomic mass is 35.5. The number of aromatic nitrogens is 2. The number of hydrazine groups is 1. The molecule has 0 aliphatic rings. The molecule has 0 unspecified atom stereocenters. The summed E-state index contributed by atoms with van der Waals surface area (Å²) in [6.07, 6.45) is 1.07. The lowest BCUT2D eigenvalue weighted by Crippen LogP contribution is -2.31. The molecule has 0 atom stereocenters. The monoisotopic (exact) mass is 402 g/mol. The first-order chi connectivity index (χ1) is 13.5. The van der Waals surface area contributed by atoms with Gasteiger partial charge in [-0.05, 0) is 30.3 Å². The molecule has 0 bridgehead atoms. The van der Waals surface area contributed by atoms with Gasteiger partial charge >= 0.3 is 5.69 Å². The van der Waals surface area contributed by atoms with Crippen LogP contribution >= 0.6 is 11.6 Å². The zero-order valence-corrected chi connectivity index (χ0v) is 14.8. The number of anilines is 3. The number of nitrogens with zero attached hydrogens (tertiary/aromatic N) is 3. The van der Waals surface area contributed by atoms with Gasteiger partial charge in [0.05, 0.1) is 10.5 Å². The van der Waals surface area contributed by atoms with Gasteiger partial charge in [-0.25, -0.2) is 14.4 Å². The van der Waals surface area contributed by atoms with E-state index in [-0.39, 0.29) is 17.2 Å². The Morgan fingerprint density at radius 2 is 1.86 bits per heavy atom. The Bertz CT molecular complexity index is 1050. The van der Waals surface area contributed by atoms with Crippen LogP contribution in [0.25, 0.3) is 0 Å². The molecule has 0 radical (unpaired) electrons. The lowest BCUT2D eigenvalue weighted by molar-refractivity contribution is -0.383. The van der Waals surface area contributed by atoms with Crippen molar-refractivity contribution >= 4 is 40.5 Å². The fraction of sp³-hybridized carbons (Fsp3) is 0. The van der Waals surface area contributed by atoms with E-state index in [0.717, 1.165) is 12.4 Å². The Morgan fingerprint density at radius 1 is 1.11 bits per heavy atom. The van der Waals surface area contributed by atoms with Crippen LogP contribution < -0.4 is 16.2 Å². The van der Waals surface area contributed by atoms with E-state index < -0.39 is 22.3 Å². The molecular formula is C17H12ClFN6O3. The molecule has 3 N–H and O–H groups in total. The van der Waals surface area contributed by atoms with Crippen LogP contribution in [-0.4, -0.2) is 20.8 Å². The molecule has 0 saturated carbocycles. The Labute approximate surface area is 162 Å². The van der Waals surface area contributed by atoms with E-state index in [4.69, 9.17) is 11.6 Å². The predicted molar refractivity (Wildman–Crippen MR) is 101 cm³/mol. The maximum atomic E-state index is 13.7. The van der Waals surface area contributed by atoms with Crippen molar-refractivity contribution in [2.45, 2.75) is 0 Å². The summed E-state index contributed by atoms with van der Waals surface area (Å²) in [4.78, 5) is 30.5. The number of hydrogen-bond acceptors (Lipinski definition) is 7. The minimum absolute atomic E-state index is 0.120. The summed E-state index contributed by atoms with van der Waals surface area (Å²) in [5, 5.41) is 14.7. The first-order valence-corrected chi connectivity index (χ1v) is 8.16. The van der Waals surface area contributed by atoms with E-state index >= 15 is 0 Å². The molecule has 9 nitrogen and oxygen atoms in total. The Balaban J connectivity index is 1.84. The highest BCUT2D eigenvalue weighted by Crippen LogP contribution is 2.31. The van der Waals surface area contributed by atoms with Crippen LogP contribution in [0.3, 0.4) is 0 Å². The third-order valence-corrected chi connectivity index (χ3v) is 3.74. The van der Waals surface area contributed by atoms with Gasteiger partial charge in [-0.3, -0.25) is 25.8 Å². The second-order valence-corrected chi connectivity index (χ2v) is 5.81. The van der Waals surface area contributed by atoms with Crippen LogP contribution in [0.15, 0.2) is 54.9 Å². The number of halogens is 2. The number of nitrogens with one attached hydrogen (secondary N) is 3. The fourth-order valence-corrected chi connectivity index (χ4v) is 2.46. The van der Waals surface area contributed by atoms with Crippen LogP contribution in [0.2, 0.25) is 5.02 Å². The predicted octanol–water partition coefficient (Wildman–Crippen LogP) is 3.68. The molecule has 11 heteroatoms. The third-order valence-electron chi connectivity index (χ3n) is 3.51. The van der Waals surface area contributed by atoms with Gasteiger partial charge in [-0.2, -0.15) is 0 Å². The molecule has 142 valence electrons. The molecule has 1 heterocycles.